The first kappa shape index (κ1) is 43.4. The fourth-order valence-electron chi connectivity index (χ4n) is 5.52. The minimum absolute atomic E-state index is 0.0681. The van der Waals surface area contributed by atoms with Crippen LogP contribution in [0.2, 0.25) is 0 Å². The molecule has 0 aromatic heterocycles. The van der Waals surface area contributed by atoms with Crippen LogP contribution in [-0.4, -0.2) is 37.2 Å². The molecule has 0 saturated heterocycles. The van der Waals surface area contributed by atoms with Crippen LogP contribution in [0.15, 0.2) is 0 Å². The van der Waals surface area contributed by atoms with Crippen LogP contribution in [0, 0.1) is 11.8 Å². The quantitative estimate of drug-likeness (QED) is 0.0404. The van der Waals surface area contributed by atoms with Gasteiger partial charge in [-0.25, -0.2) is 0 Å². The average molecular weight is 639 g/mol. The van der Waals surface area contributed by atoms with Gasteiger partial charge >= 0.3 is 17.9 Å². The third-order valence-corrected chi connectivity index (χ3v) is 8.47. The van der Waals surface area contributed by atoms with Gasteiger partial charge in [0.1, 0.15) is 13.2 Å². The molecule has 0 aromatic carbocycles. The lowest BCUT2D eigenvalue weighted by Crippen LogP contribution is -2.30. The lowest BCUT2D eigenvalue weighted by Gasteiger charge is -2.18. The van der Waals surface area contributed by atoms with Gasteiger partial charge in [0.05, 0.1) is 0 Å². The smallest absolute Gasteiger partial charge is 0.306 e. The van der Waals surface area contributed by atoms with Gasteiger partial charge in [0.2, 0.25) is 0 Å². The van der Waals surface area contributed by atoms with Crippen molar-refractivity contribution in [3.05, 3.63) is 0 Å². The summed E-state index contributed by atoms with van der Waals surface area (Å²) in [5, 5.41) is 0. The van der Waals surface area contributed by atoms with Gasteiger partial charge in [-0.3, -0.25) is 14.4 Å². The molecule has 0 bridgehead atoms. The number of carbonyl (C=O) groups excluding carboxylic acids is 3. The van der Waals surface area contributed by atoms with E-state index in [-0.39, 0.29) is 31.1 Å². The normalized spacial score (nSPS) is 12.1. The summed E-state index contributed by atoms with van der Waals surface area (Å²) in [5.74, 6) is 0.703. The van der Waals surface area contributed by atoms with Crippen molar-refractivity contribution in [1.29, 1.82) is 0 Å². The first-order valence-corrected chi connectivity index (χ1v) is 19.2. The number of carbonyl (C=O) groups is 3. The fourth-order valence-corrected chi connectivity index (χ4v) is 5.52. The molecule has 1 atom stereocenters. The minimum Gasteiger partial charge on any atom is -0.462 e. The Balaban J connectivity index is 4.29. The summed E-state index contributed by atoms with van der Waals surface area (Å²) in [7, 11) is 0. The van der Waals surface area contributed by atoms with E-state index in [2.05, 4.69) is 34.6 Å². The van der Waals surface area contributed by atoms with Crippen molar-refractivity contribution in [2.45, 2.75) is 208 Å². The number of esters is 3. The first-order chi connectivity index (χ1) is 21.7. The number of hydrogen-bond acceptors (Lipinski definition) is 6. The second-order valence-electron chi connectivity index (χ2n) is 14.2. The maximum Gasteiger partial charge on any atom is 0.306 e. The summed E-state index contributed by atoms with van der Waals surface area (Å²) < 4.78 is 16.5. The van der Waals surface area contributed by atoms with E-state index in [0.29, 0.717) is 19.3 Å². The highest BCUT2D eigenvalue weighted by atomic mass is 16.6. The van der Waals surface area contributed by atoms with E-state index in [1.54, 1.807) is 0 Å². The zero-order valence-corrected chi connectivity index (χ0v) is 30.5. The van der Waals surface area contributed by atoms with Crippen LogP contribution in [0.25, 0.3) is 0 Å². The fraction of sp³-hybridized carbons (Fsp3) is 0.923. The maximum atomic E-state index is 12.6. The van der Waals surface area contributed by atoms with Gasteiger partial charge in [0, 0.05) is 19.3 Å². The Kier molecular flexibility index (Phi) is 31.2. The average Bonchev–Trinajstić information content (AvgIpc) is 2.99. The first-order valence-electron chi connectivity index (χ1n) is 19.2. The molecule has 266 valence electrons. The van der Waals surface area contributed by atoms with Gasteiger partial charge in [-0.2, -0.15) is 0 Å². The zero-order valence-electron chi connectivity index (χ0n) is 30.5. The van der Waals surface area contributed by atoms with Crippen molar-refractivity contribution < 1.29 is 28.6 Å². The maximum absolute atomic E-state index is 12.6. The third-order valence-electron chi connectivity index (χ3n) is 8.47. The molecule has 0 unspecified atom stereocenters. The summed E-state index contributed by atoms with van der Waals surface area (Å²) in [6.45, 7) is 11.1. The molecule has 0 aliphatic rings. The molecule has 0 heterocycles. The van der Waals surface area contributed by atoms with E-state index in [0.717, 1.165) is 76.0 Å². The minimum atomic E-state index is -0.757. The Morgan fingerprint density at radius 1 is 0.422 bits per heavy atom. The Morgan fingerprint density at radius 2 is 0.733 bits per heavy atom. The van der Waals surface area contributed by atoms with Crippen LogP contribution in [0.5, 0.6) is 0 Å². The predicted octanol–water partition coefficient (Wildman–Crippen LogP) is 11.5. The molecule has 0 radical (unpaired) electrons. The molecular formula is C39H74O6. The van der Waals surface area contributed by atoms with Crippen LogP contribution in [0.3, 0.4) is 0 Å². The summed E-state index contributed by atoms with van der Waals surface area (Å²) in [6, 6.07) is 0. The SMILES string of the molecule is CCCCCCCC(=O)OC[C@@H](COC(=O)CCCCCCCCCC(C)C)OC(=O)CCCCCCCCCCCC(C)C. The van der Waals surface area contributed by atoms with Crippen LogP contribution in [-0.2, 0) is 28.6 Å². The molecule has 0 rings (SSSR count). The molecule has 0 fully saturated rings. The van der Waals surface area contributed by atoms with Crippen LogP contribution in [0.1, 0.15) is 202 Å². The summed E-state index contributed by atoms with van der Waals surface area (Å²) in [6.07, 6.45) is 27.0. The van der Waals surface area contributed by atoms with E-state index in [4.69, 9.17) is 14.2 Å². The van der Waals surface area contributed by atoms with Crippen LogP contribution >= 0.6 is 0 Å². The van der Waals surface area contributed by atoms with E-state index in [1.165, 1.54) is 83.5 Å². The molecule has 6 nitrogen and oxygen atoms in total. The van der Waals surface area contributed by atoms with E-state index in [9.17, 15) is 14.4 Å². The van der Waals surface area contributed by atoms with Gasteiger partial charge in [0.25, 0.3) is 0 Å². The topological polar surface area (TPSA) is 78.9 Å². The highest BCUT2D eigenvalue weighted by Crippen LogP contribution is 2.15. The largest absolute Gasteiger partial charge is 0.462 e. The molecule has 0 aromatic rings. The van der Waals surface area contributed by atoms with Crippen LogP contribution < -0.4 is 0 Å². The monoisotopic (exact) mass is 639 g/mol. The molecular weight excluding hydrogens is 564 g/mol. The molecule has 6 heteroatoms. The van der Waals surface area contributed by atoms with Crippen molar-refractivity contribution in [1.82, 2.24) is 0 Å². The molecule has 0 saturated carbocycles. The van der Waals surface area contributed by atoms with Crippen molar-refractivity contribution >= 4 is 17.9 Å². The Morgan fingerprint density at radius 3 is 1.09 bits per heavy atom. The number of rotatable bonds is 33. The third kappa shape index (κ3) is 33.6. The predicted molar refractivity (Wildman–Crippen MR) is 187 cm³/mol. The van der Waals surface area contributed by atoms with Crippen molar-refractivity contribution in [3.63, 3.8) is 0 Å². The summed E-state index contributed by atoms with van der Waals surface area (Å²) in [4.78, 5) is 37.2. The van der Waals surface area contributed by atoms with E-state index >= 15 is 0 Å². The van der Waals surface area contributed by atoms with E-state index < -0.39 is 6.10 Å². The molecule has 0 aliphatic heterocycles. The Hall–Kier alpha value is -1.59. The molecule has 0 spiro atoms. The van der Waals surface area contributed by atoms with Gasteiger partial charge < -0.3 is 14.2 Å². The molecule has 0 N–H and O–H groups in total. The van der Waals surface area contributed by atoms with Crippen molar-refractivity contribution in [3.8, 4) is 0 Å². The highest BCUT2D eigenvalue weighted by Gasteiger charge is 2.19. The van der Waals surface area contributed by atoms with Gasteiger partial charge in [-0.1, -0.05) is 163 Å². The van der Waals surface area contributed by atoms with Gasteiger partial charge in [-0.05, 0) is 31.1 Å². The number of unbranched alkanes of at least 4 members (excludes halogenated alkanes) is 18. The summed E-state index contributed by atoms with van der Waals surface area (Å²) in [5.41, 5.74) is 0. The molecule has 0 aliphatic carbocycles. The van der Waals surface area contributed by atoms with Gasteiger partial charge in [-0.15, -0.1) is 0 Å². The zero-order chi connectivity index (χ0) is 33.4. The van der Waals surface area contributed by atoms with Crippen molar-refractivity contribution in [2.75, 3.05) is 13.2 Å². The lowest BCUT2D eigenvalue weighted by atomic mass is 10.0. The standard InChI is InChI=1S/C39H74O6/c1-6-7-8-17-24-29-37(40)43-32-36(33-44-38(41)30-25-20-16-12-14-19-23-28-35(4)5)45-39(42)31-26-21-15-11-9-10-13-18-22-27-34(2)3/h34-36H,6-33H2,1-5H3/t36-/m0/s1. The molecule has 45 heavy (non-hydrogen) atoms. The number of ether oxygens (including phenoxy) is 3. The van der Waals surface area contributed by atoms with Crippen molar-refractivity contribution in [2.24, 2.45) is 11.8 Å². The highest BCUT2D eigenvalue weighted by molar-refractivity contribution is 5.71. The van der Waals surface area contributed by atoms with Crippen LogP contribution in [0.4, 0.5) is 0 Å². The van der Waals surface area contributed by atoms with E-state index in [1.807, 2.05) is 0 Å². The Labute approximate surface area is 278 Å². The second kappa shape index (κ2) is 32.4. The second-order valence-corrected chi connectivity index (χ2v) is 14.2. The lowest BCUT2D eigenvalue weighted by molar-refractivity contribution is -0.167. The number of hydrogen-bond donors (Lipinski definition) is 0. The summed E-state index contributed by atoms with van der Waals surface area (Å²) >= 11 is 0. The Bertz CT molecular complexity index is 689. The molecule has 0 amide bonds. The van der Waals surface area contributed by atoms with Gasteiger partial charge in [0.15, 0.2) is 6.10 Å².